The molecular weight excluding hydrogens is 262 g/mol. The van der Waals surface area contributed by atoms with Crippen molar-refractivity contribution in [1.29, 1.82) is 0 Å². The first-order valence-corrected chi connectivity index (χ1v) is 7.00. The normalized spacial score (nSPS) is 10.3. The summed E-state index contributed by atoms with van der Waals surface area (Å²) in [5.74, 6) is 1.34. The van der Waals surface area contributed by atoms with Crippen LogP contribution in [0.2, 0.25) is 5.02 Å². The molecule has 4 heteroatoms. The molecule has 0 atom stereocenters. The fraction of sp³-hybridized carbons (Fsp3) is 0.467. The van der Waals surface area contributed by atoms with Gasteiger partial charge in [-0.25, -0.2) is 0 Å². The zero-order valence-electron chi connectivity index (χ0n) is 11.7. The minimum atomic E-state index is 0.586. The average molecular weight is 284 g/mol. The monoisotopic (exact) mass is 283 g/mol. The predicted octanol–water partition coefficient (Wildman–Crippen LogP) is 3.80. The van der Waals surface area contributed by atoms with Gasteiger partial charge in [0.05, 0.1) is 18.2 Å². The first-order chi connectivity index (χ1) is 9.22. The summed E-state index contributed by atoms with van der Waals surface area (Å²) in [6.07, 6.45) is 2.76. The number of hydrogen-bond acceptors (Lipinski definition) is 3. The van der Waals surface area contributed by atoms with Gasteiger partial charge in [-0.1, -0.05) is 24.6 Å². The Morgan fingerprint density at radius 1 is 1.32 bits per heavy atom. The van der Waals surface area contributed by atoms with E-state index in [2.05, 4.69) is 18.8 Å². The molecule has 0 aliphatic rings. The van der Waals surface area contributed by atoms with E-state index in [9.17, 15) is 0 Å². The molecule has 0 aromatic heterocycles. The number of rotatable bonds is 9. The smallest absolute Gasteiger partial charge is 0.179 e. The molecule has 19 heavy (non-hydrogen) atoms. The first kappa shape index (κ1) is 15.9. The highest BCUT2D eigenvalue weighted by molar-refractivity contribution is 6.32. The van der Waals surface area contributed by atoms with Crippen molar-refractivity contribution in [2.45, 2.75) is 26.8 Å². The van der Waals surface area contributed by atoms with Crippen molar-refractivity contribution in [2.24, 2.45) is 0 Å². The molecule has 1 N–H and O–H groups in total. The molecule has 106 valence electrons. The van der Waals surface area contributed by atoms with Crippen molar-refractivity contribution in [2.75, 3.05) is 19.8 Å². The molecule has 1 aromatic carbocycles. The van der Waals surface area contributed by atoms with Gasteiger partial charge in [0.15, 0.2) is 11.5 Å². The van der Waals surface area contributed by atoms with Gasteiger partial charge in [-0.2, -0.15) is 0 Å². The van der Waals surface area contributed by atoms with Crippen molar-refractivity contribution >= 4 is 11.6 Å². The molecule has 0 amide bonds. The van der Waals surface area contributed by atoms with E-state index in [1.165, 1.54) is 0 Å². The third kappa shape index (κ3) is 5.13. The van der Waals surface area contributed by atoms with E-state index < -0.39 is 0 Å². The molecule has 0 aliphatic heterocycles. The van der Waals surface area contributed by atoms with Crippen molar-refractivity contribution in [3.8, 4) is 11.5 Å². The van der Waals surface area contributed by atoms with Crippen LogP contribution in [-0.4, -0.2) is 19.8 Å². The number of nitrogens with one attached hydrogen (secondary N) is 1. The lowest BCUT2D eigenvalue weighted by Gasteiger charge is -2.15. The van der Waals surface area contributed by atoms with Crippen LogP contribution in [0.25, 0.3) is 0 Å². The maximum atomic E-state index is 6.27. The lowest BCUT2D eigenvalue weighted by atomic mass is 10.2. The van der Waals surface area contributed by atoms with Crippen LogP contribution in [0.15, 0.2) is 24.8 Å². The SMILES string of the molecule is C=CCNCc1cc(Cl)c(OCCC)c(OCC)c1. The summed E-state index contributed by atoms with van der Waals surface area (Å²) in [7, 11) is 0. The van der Waals surface area contributed by atoms with E-state index in [-0.39, 0.29) is 0 Å². The molecule has 0 radical (unpaired) electrons. The van der Waals surface area contributed by atoms with Gasteiger partial charge in [-0.05, 0) is 31.0 Å². The van der Waals surface area contributed by atoms with E-state index in [0.29, 0.717) is 29.7 Å². The molecule has 0 saturated carbocycles. The van der Waals surface area contributed by atoms with E-state index in [4.69, 9.17) is 21.1 Å². The predicted molar refractivity (Wildman–Crippen MR) is 80.3 cm³/mol. The highest BCUT2D eigenvalue weighted by Crippen LogP contribution is 2.36. The first-order valence-electron chi connectivity index (χ1n) is 6.62. The quantitative estimate of drug-likeness (QED) is 0.552. The molecule has 1 rings (SSSR count). The number of halogens is 1. The third-order valence-corrected chi connectivity index (χ3v) is 2.72. The van der Waals surface area contributed by atoms with Gasteiger partial charge in [0, 0.05) is 13.1 Å². The molecule has 3 nitrogen and oxygen atoms in total. The van der Waals surface area contributed by atoms with Gasteiger partial charge in [0.2, 0.25) is 0 Å². The summed E-state index contributed by atoms with van der Waals surface area (Å²) in [6, 6.07) is 3.88. The molecule has 0 spiro atoms. The summed E-state index contributed by atoms with van der Waals surface area (Å²) < 4.78 is 11.3. The Bertz CT molecular complexity index is 407. The molecule has 0 unspecified atom stereocenters. The van der Waals surface area contributed by atoms with Crippen LogP contribution in [0.3, 0.4) is 0 Å². The fourth-order valence-corrected chi connectivity index (χ4v) is 1.94. The minimum absolute atomic E-state index is 0.586. The third-order valence-electron chi connectivity index (χ3n) is 2.44. The molecule has 0 heterocycles. The van der Waals surface area contributed by atoms with Gasteiger partial charge < -0.3 is 14.8 Å². The largest absolute Gasteiger partial charge is 0.490 e. The highest BCUT2D eigenvalue weighted by Gasteiger charge is 2.12. The second kappa shape index (κ2) is 8.83. The fourth-order valence-electron chi connectivity index (χ4n) is 1.65. The Morgan fingerprint density at radius 2 is 2.11 bits per heavy atom. The Kier molecular flexibility index (Phi) is 7.38. The summed E-state index contributed by atoms with van der Waals surface area (Å²) in [5.41, 5.74) is 1.07. The van der Waals surface area contributed by atoms with Crippen LogP contribution in [0, 0.1) is 0 Å². The van der Waals surface area contributed by atoms with E-state index in [1.54, 1.807) is 0 Å². The molecule has 1 aromatic rings. The van der Waals surface area contributed by atoms with E-state index in [0.717, 1.165) is 25.1 Å². The van der Waals surface area contributed by atoms with Gasteiger partial charge >= 0.3 is 0 Å². The van der Waals surface area contributed by atoms with Gasteiger partial charge in [-0.15, -0.1) is 6.58 Å². The Morgan fingerprint density at radius 3 is 2.74 bits per heavy atom. The van der Waals surface area contributed by atoms with Crippen molar-refractivity contribution in [3.63, 3.8) is 0 Å². The van der Waals surface area contributed by atoms with Crippen molar-refractivity contribution in [3.05, 3.63) is 35.4 Å². The molecule has 0 saturated heterocycles. The maximum Gasteiger partial charge on any atom is 0.179 e. The number of benzene rings is 1. The maximum absolute atomic E-state index is 6.27. The Hall–Kier alpha value is -1.19. The number of ether oxygens (including phenoxy) is 2. The van der Waals surface area contributed by atoms with Crippen LogP contribution in [0.5, 0.6) is 11.5 Å². The van der Waals surface area contributed by atoms with Crippen LogP contribution in [0.4, 0.5) is 0 Å². The van der Waals surface area contributed by atoms with Gasteiger partial charge in [0.25, 0.3) is 0 Å². The van der Waals surface area contributed by atoms with Gasteiger partial charge in [0.1, 0.15) is 0 Å². The van der Waals surface area contributed by atoms with E-state index >= 15 is 0 Å². The van der Waals surface area contributed by atoms with E-state index in [1.807, 2.05) is 25.1 Å². The summed E-state index contributed by atoms with van der Waals surface area (Å²) in [4.78, 5) is 0. The standard InChI is InChI=1S/C15H22ClNO2/c1-4-7-17-11-12-9-13(16)15(19-8-5-2)14(10-12)18-6-3/h4,9-10,17H,1,5-8,11H2,2-3H3. The zero-order valence-corrected chi connectivity index (χ0v) is 12.4. The molecule has 0 bridgehead atoms. The molecular formula is C15H22ClNO2. The second-order valence-corrected chi connectivity index (χ2v) is 4.51. The lowest BCUT2D eigenvalue weighted by Crippen LogP contribution is -2.13. The lowest BCUT2D eigenvalue weighted by molar-refractivity contribution is 0.277. The summed E-state index contributed by atoms with van der Waals surface area (Å²) in [5, 5.41) is 3.83. The van der Waals surface area contributed by atoms with Crippen LogP contribution >= 0.6 is 11.6 Å². The zero-order chi connectivity index (χ0) is 14.1. The topological polar surface area (TPSA) is 30.5 Å². The number of hydrogen-bond donors (Lipinski definition) is 1. The van der Waals surface area contributed by atoms with Crippen molar-refractivity contribution < 1.29 is 9.47 Å². The minimum Gasteiger partial charge on any atom is -0.490 e. The molecule has 0 fully saturated rings. The summed E-state index contributed by atoms with van der Waals surface area (Å²) in [6.45, 7) is 10.4. The van der Waals surface area contributed by atoms with Crippen LogP contribution < -0.4 is 14.8 Å². The van der Waals surface area contributed by atoms with Crippen molar-refractivity contribution in [1.82, 2.24) is 5.32 Å². The van der Waals surface area contributed by atoms with Crippen LogP contribution in [0.1, 0.15) is 25.8 Å². The highest BCUT2D eigenvalue weighted by atomic mass is 35.5. The summed E-state index contributed by atoms with van der Waals surface area (Å²) >= 11 is 6.27. The average Bonchev–Trinajstić information content (AvgIpc) is 2.38. The second-order valence-electron chi connectivity index (χ2n) is 4.11. The van der Waals surface area contributed by atoms with Crippen LogP contribution in [-0.2, 0) is 6.54 Å². The Labute approximate surface area is 120 Å². The Balaban J connectivity index is 2.88. The molecule has 0 aliphatic carbocycles. The van der Waals surface area contributed by atoms with Gasteiger partial charge in [-0.3, -0.25) is 0 Å².